The molecule has 0 atom stereocenters. The minimum Gasteiger partial charge on any atom is -0.481 e. The fourth-order valence-electron chi connectivity index (χ4n) is 2.01. The summed E-state index contributed by atoms with van der Waals surface area (Å²) in [4.78, 5) is 10.2. The average Bonchev–Trinajstić information content (AvgIpc) is 2.83. The topological polar surface area (TPSA) is 61.0 Å². The molecule has 2 rings (SSSR count). The summed E-state index contributed by atoms with van der Waals surface area (Å²) in [6, 6.07) is 3.89. The van der Waals surface area contributed by atoms with Crippen LogP contribution in [0.15, 0.2) is 18.3 Å². The molecule has 0 amide bonds. The van der Waals surface area contributed by atoms with Crippen LogP contribution in [0.5, 0.6) is 5.88 Å². The van der Waals surface area contributed by atoms with Crippen molar-refractivity contribution in [1.29, 1.82) is 0 Å². The maximum atomic E-state index is 5.83. The SMILES string of the molecule is COc1ccc(Cc2nc(C(C)(C)C)c(CN)s2)cn1. The first-order valence-corrected chi connectivity index (χ1v) is 7.43. The minimum absolute atomic E-state index is 0.0294. The highest BCUT2D eigenvalue weighted by Gasteiger charge is 2.22. The van der Waals surface area contributed by atoms with E-state index in [4.69, 9.17) is 15.5 Å². The van der Waals surface area contributed by atoms with Gasteiger partial charge in [-0.3, -0.25) is 0 Å². The molecular weight excluding hydrogens is 270 g/mol. The summed E-state index contributed by atoms with van der Waals surface area (Å²) >= 11 is 1.70. The van der Waals surface area contributed by atoms with Crippen molar-refractivity contribution in [1.82, 2.24) is 9.97 Å². The molecule has 2 N–H and O–H groups in total. The highest BCUT2D eigenvalue weighted by atomic mass is 32.1. The molecule has 4 nitrogen and oxygen atoms in total. The Morgan fingerprint density at radius 3 is 2.50 bits per heavy atom. The second kappa shape index (κ2) is 5.89. The molecule has 0 aliphatic rings. The van der Waals surface area contributed by atoms with Gasteiger partial charge in [-0.15, -0.1) is 11.3 Å². The zero-order chi connectivity index (χ0) is 14.8. The predicted molar refractivity (Wildman–Crippen MR) is 82.3 cm³/mol. The Hall–Kier alpha value is -1.46. The molecule has 5 heteroatoms. The quantitative estimate of drug-likeness (QED) is 0.941. The molecule has 20 heavy (non-hydrogen) atoms. The molecule has 2 heterocycles. The first kappa shape index (κ1) is 14.9. The van der Waals surface area contributed by atoms with Crippen LogP contribution in [0.2, 0.25) is 0 Å². The number of rotatable bonds is 4. The summed E-state index contributed by atoms with van der Waals surface area (Å²) in [5.74, 6) is 0.630. The third-order valence-electron chi connectivity index (χ3n) is 3.00. The van der Waals surface area contributed by atoms with Gasteiger partial charge < -0.3 is 10.5 Å². The van der Waals surface area contributed by atoms with Gasteiger partial charge in [-0.2, -0.15) is 0 Å². The lowest BCUT2D eigenvalue weighted by atomic mass is 9.91. The molecule has 0 saturated heterocycles. The highest BCUT2D eigenvalue weighted by Crippen LogP contribution is 2.30. The van der Waals surface area contributed by atoms with Crippen LogP contribution < -0.4 is 10.5 Å². The van der Waals surface area contributed by atoms with E-state index in [9.17, 15) is 0 Å². The molecule has 2 aromatic heterocycles. The molecule has 108 valence electrons. The number of ether oxygens (including phenoxy) is 1. The first-order chi connectivity index (χ1) is 9.44. The van der Waals surface area contributed by atoms with Gasteiger partial charge in [0.2, 0.25) is 5.88 Å². The number of thiazole rings is 1. The first-order valence-electron chi connectivity index (χ1n) is 6.62. The summed E-state index contributed by atoms with van der Waals surface area (Å²) in [7, 11) is 1.62. The van der Waals surface area contributed by atoms with Crippen LogP contribution in [0.25, 0.3) is 0 Å². The number of pyridine rings is 1. The number of hydrogen-bond donors (Lipinski definition) is 1. The van der Waals surface area contributed by atoms with Gasteiger partial charge in [0, 0.05) is 35.5 Å². The Balaban J connectivity index is 2.23. The molecule has 2 aromatic rings. The number of hydrogen-bond acceptors (Lipinski definition) is 5. The number of methoxy groups -OCH3 is 1. The van der Waals surface area contributed by atoms with Gasteiger partial charge in [0.05, 0.1) is 17.8 Å². The van der Waals surface area contributed by atoms with Gasteiger partial charge in [0.1, 0.15) is 0 Å². The van der Waals surface area contributed by atoms with Crippen LogP contribution in [-0.2, 0) is 18.4 Å². The molecule has 0 spiro atoms. The van der Waals surface area contributed by atoms with Crippen LogP contribution in [0.4, 0.5) is 0 Å². The van der Waals surface area contributed by atoms with E-state index in [0.29, 0.717) is 12.4 Å². The van der Waals surface area contributed by atoms with Crippen LogP contribution in [0, 0.1) is 0 Å². The molecule has 0 saturated carbocycles. The van der Waals surface area contributed by atoms with Gasteiger partial charge in [0.25, 0.3) is 0 Å². The van der Waals surface area contributed by atoms with Crippen molar-refractivity contribution in [3.63, 3.8) is 0 Å². The number of aromatic nitrogens is 2. The van der Waals surface area contributed by atoms with Crippen molar-refractivity contribution in [2.45, 2.75) is 39.2 Å². The highest BCUT2D eigenvalue weighted by molar-refractivity contribution is 7.11. The predicted octanol–water partition coefficient (Wildman–Crippen LogP) is 2.89. The van der Waals surface area contributed by atoms with E-state index in [1.165, 1.54) is 4.88 Å². The van der Waals surface area contributed by atoms with Gasteiger partial charge in [-0.1, -0.05) is 26.8 Å². The Labute approximate surface area is 124 Å². The van der Waals surface area contributed by atoms with Gasteiger partial charge in [0.15, 0.2) is 0 Å². The lowest BCUT2D eigenvalue weighted by Crippen LogP contribution is -2.15. The maximum absolute atomic E-state index is 5.83. The van der Waals surface area contributed by atoms with Gasteiger partial charge in [-0.25, -0.2) is 9.97 Å². The van der Waals surface area contributed by atoms with Crippen LogP contribution in [0.3, 0.4) is 0 Å². The van der Waals surface area contributed by atoms with Gasteiger partial charge in [-0.05, 0) is 5.56 Å². The van der Waals surface area contributed by atoms with Crippen molar-refractivity contribution < 1.29 is 4.74 Å². The second-order valence-electron chi connectivity index (χ2n) is 5.72. The molecule has 0 aliphatic heterocycles. The summed E-state index contributed by atoms with van der Waals surface area (Å²) < 4.78 is 5.06. The molecule has 0 unspecified atom stereocenters. The zero-order valence-corrected chi connectivity index (χ0v) is 13.3. The number of nitrogens with two attached hydrogens (primary N) is 1. The third kappa shape index (κ3) is 3.35. The molecule has 0 aromatic carbocycles. The van der Waals surface area contributed by atoms with E-state index >= 15 is 0 Å². The Morgan fingerprint density at radius 2 is 2.05 bits per heavy atom. The Morgan fingerprint density at radius 1 is 1.30 bits per heavy atom. The fourth-order valence-corrected chi connectivity index (χ4v) is 3.20. The minimum atomic E-state index is 0.0294. The molecule has 0 radical (unpaired) electrons. The van der Waals surface area contributed by atoms with Crippen molar-refractivity contribution in [3.8, 4) is 5.88 Å². The van der Waals surface area contributed by atoms with Gasteiger partial charge >= 0.3 is 0 Å². The second-order valence-corrected chi connectivity index (χ2v) is 6.89. The Kier molecular flexibility index (Phi) is 4.40. The molecule has 0 fully saturated rings. The average molecular weight is 291 g/mol. The van der Waals surface area contributed by atoms with E-state index in [1.807, 2.05) is 18.3 Å². The summed E-state index contributed by atoms with van der Waals surface area (Å²) in [6.07, 6.45) is 2.61. The maximum Gasteiger partial charge on any atom is 0.212 e. The number of nitrogens with zero attached hydrogens (tertiary/aromatic N) is 2. The van der Waals surface area contributed by atoms with Crippen molar-refractivity contribution in [2.75, 3.05) is 7.11 Å². The molecular formula is C15H21N3OS. The molecule has 0 aliphatic carbocycles. The van der Waals surface area contributed by atoms with E-state index in [1.54, 1.807) is 18.4 Å². The third-order valence-corrected chi connectivity index (χ3v) is 4.08. The van der Waals surface area contributed by atoms with Crippen LogP contribution in [-0.4, -0.2) is 17.1 Å². The normalized spacial score (nSPS) is 11.7. The standard InChI is InChI=1S/C15H21N3OS/c1-15(2,3)14-11(8-16)20-13(18-14)7-10-5-6-12(19-4)17-9-10/h5-6,9H,7-8,16H2,1-4H3. The lowest BCUT2D eigenvalue weighted by molar-refractivity contribution is 0.397. The van der Waals surface area contributed by atoms with E-state index in [2.05, 4.69) is 25.8 Å². The smallest absolute Gasteiger partial charge is 0.212 e. The zero-order valence-electron chi connectivity index (χ0n) is 12.4. The van der Waals surface area contributed by atoms with Crippen LogP contribution in [0.1, 0.15) is 41.9 Å². The van der Waals surface area contributed by atoms with E-state index < -0.39 is 0 Å². The van der Waals surface area contributed by atoms with E-state index in [-0.39, 0.29) is 5.41 Å². The summed E-state index contributed by atoms with van der Waals surface area (Å²) in [5, 5.41) is 1.09. The monoisotopic (exact) mass is 291 g/mol. The van der Waals surface area contributed by atoms with Crippen molar-refractivity contribution in [2.24, 2.45) is 5.73 Å². The molecule has 0 bridgehead atoms. The van der Waals surface area contributed by atoms with Crippen molar-refractivity contribution >= 4 is 11.3 Å². The van der Waals surface area contributed by atoms with Crippen molar-refractivity contribution in [3.05, 3.63) is 39.5 Å². The Bertz CT molecular complexity index is 570. The largest absolute Gasteiger partial charge is 0.481 e. The van der Waals surface area contributed by atoms with Crippen LogP contribution >= 0.6 is 11.3 Å². The summed E-state index contributed by atoms with van der Waals surface area (Å²) in [6.45, 7) is 7.05. The lowest BCUT2D eigenvalue weighted by Gasteiger charge is -2.16. The van der Waals surface area contributed by atoms with E-state index in [0.717, 1.165) is 22.7 Å². The summed E-state index contributed by atoms with van der Waals surface area (Å²) in [5.41, 5.74) is 8.10. The fraction of sp³-hybridized carbons (Fsp3) is 0.467.